The molecule has 0 heterocycles. The number of carbonyl (C=O) groups excluding carboxylic acids is 1. The van der Waals surface area contributed by atoms with Crippen LogP contribution in [0.25, 0.3) is 0 Å². The van der Waals surface area contributed by atoms with Crippen LogP contribution in [0.15, 0.2) is 42.5 Å². The first kappa shape index (κ1) is 12.7. The van der Waals surface area contributed by atoms with E-state index < -0.39 is 0 Å². The van der Waals surface area contributed by atoms with Gasteiger partial charge in [0.2, 0.25) is 0 Å². The Bertz CT molecular complexity index is 635. The highest BCUT2D eigenvalue weighted by molar-refractivity contribution is 6.07. The minimum Gasteiger partial charge on any atom is -0.496 e. The number of carbonyl (C=O) groups is 1. The van der Waals surface area contributed by atoms with E-state index >= 15 is 0 Å². The van der Waals surface area contributed by atoms with Crippen LogP contribution < -0.4 is 10.1 Å². The average Bonchev–Trinajstić information content (AvgIpc) is 2.95. The summed E-state index contributed by atoms with van der Waals surface area (Å²) in [5.41, 5.74) is 3.89. The lowest BCUT2D eigenvalue weighted by atomic mass is 10.0. The van der Waals surface area contributed by atoms with Gasteiger partial charge in [0.05, 0.1) is 12.7 Å². The number of hydrogen-bond donors (Lipinski definition) is 1. The first-order valence-electron chi connectivity index (χ1n) is 6.84. The van der Waals surface area contributed by atoms with Crippen molar-refractivity contribution in [3.8, 4) is 5.75 Å². The number of amides is 1. The molecule has 0 aromatic heterocycles. The maximum absolute atomic E-state index is 12.6. The highest BCUT2D eigenvalue weighted by Gasteiger charge is 2.23. The molecule has 3 heteroatoms. The summed E-state index contributed by atoms with van der Waals surface area (Å²) < 4.78 is 5.37. The highest BCUT2D eigenvalue weighted by atomic mass is 16.5. The Balaban J connectivity index is 1.97. The normalized spacial score (nSPS) is 12.8. The monoisotopic (exact) mass is 267 g/mol. The lowest BCUT2D eigenvalue weighted by molar-refractivity contribution is 0.102. The number of hydrogen-bond acceptors (Lipinski definition) is 2. The van der Waals surface area contributed by atoms with Crippen molar-refractivity contribution < 1.29 is 9.53 Å². The first-order valence-corrected chi connectivity index (χ1v) is 6.84. The van der Waals surface area contributed by atoms with Crippen molar-refractivity contribution >= 4 is 11.6 Å². The molecule has 3 nitrogen and oxygen atoms in total. The van der Waals surface area contributed by atoms with Gasteiger partial charge in [0.25, 0.3) is 5.91 Å². The summed E-state index contributed by atoms with van der Waals surface area (Å²) in [4.78, 5) is 12.6. The zero-order chi connectivity index (χ0) is 13.9. The molecule has 1 aliphatic carbocycles. The van der Waals surface area contributed by atoms with Crippen molar-refractivity contribution in [1.29, 1.82) is 0 Å². The third-order valence-electron chi connectivity index (χ3n) is 3.72. The van der Waals surface area contributed by atoms with Crippen molar-refractivity contribution in [2.45, 2.75) is 19.3 Å². The summed E-state index contributed by atoms with van der Waals surface area (Å²) in [7, 11) is 1.61. The third-order valence-corrected chi connectivity index (χ3v) is 3.72. The molecule has 0 saturated heterocycles. The van der Waals surface area contributed by atoms with E-state index in [1.165, 1.54) is 5.56 Å². The van der Waals surface area contributed by atoms with E-state index in [1.54, 1.807) is 7.11 Å². The van der Waals surface area contributed by atoms with Crippen molar-refractivity contribution in [3.63, 3.8) is 0 Å². The Morgan fingerprint density at radius 3 is 2.65 bits per heavy atom. The molecule has 0 bridgehead atoms. The Hall–Kier alpha value is -2.29. The van der Waals surface area contributed by atoms with Crippen LogP contribution in [-0.4, -0.2) is 13.0 Å². The molecule has 2 aromatic rings. The second-order valence-corrected chi connectivity index (χ2v) is 4.95. The van der Waals surface area contributed by atoms with Crippen LogP contribution in [0.4, 0.5) is 5.69 Å². The van der Waals surface area contributed by atoms with Gasteiger partial charge in [0.1, 0.15) is 5.75 Å². The van der Waals surface area contributed by atoms with Crippen LogP contribution in [0.2, 0.25) is 0 Å². The van der Waals surface area contributed by atoms with E-state index in [9.17, 15) is 4.79 Å². The van der Waals surface area contributed by atoms with Crippen LogP contribution in [0.1, 0.15) is 27.9 Å². The number of ether oxygens (including phenoxy) is 1. The molecule has 0 aliphatic heterocycles. The van der Waals surface area contributed by atoms with Gasteiger partial charge in [-0.2, -0.15) is 0 Å². The molecular formula is C17H17NO2. The van der Waals surface area contributed by atoms with E-state index in [2.05, 4.69) is 11.4 Å². The molecule has 1 N–H and O–H groups in total. The highest BCUT2D eigenvalue weighted by Crippen LogP contribution is 2.32. The lowest BCUT2D eigenvalue weighted by Gasteiger charge is -2.13. The second-order valence-electron chi connectivity index (χ2n) is 4.95. The predicted molar refractivity (Wildman–Crippen MR) is 79.4 cm³/mol. The fourth-order valence-electron chi connectivity index (χ4n) is 2.78. The van der Waals surface area contributed by atoms with Crippen LogP contribution in [-0.2, 0) is 12.8 Å². The van der Waals surface area contributed by atoms with Crippen LogP contribution in [0, 0.1) is 0 Å². The standard InChI is InChI=1S/C17H17NO2/c1-20-15-11-10-12-6-5-9-14(12)16(15)17(19)18-13-7-3-2-4-8-13/h2-4,7-8,10-11H,5-6,9H2,1H3,(H,18,19). The summed E-state index contributed by atoms with van der Waals surface area (Å²) in [6.45, 7) is 0. The van der Waals surface area contributed by atoms with Gasteiger partial charge < -0.3 is 10.1 Å². The lowest BCUT2D eigenvalue weighted by Crippen LogP contribution is -2.15. The zero-order valence-corrected chi connectivity index (χ0v) is 11.5. The minimum atomic E-state index is -0.0909. The fraction of sp³-hybridized carbons (Fsp3) is 0.235. The number of anilines is 1. The number of para-hydroxylation sites is 1. The van der Waals surface area contributed by atoms with Crippen molar-refractivity contribution in [1.82, 2.24) is 0 Å². The zero-order valence-electron chi connectivity index (χ0n) is 11.5. The molecule has 0 radical (unpaired) electrons. The largest absolute Gasteiger partial charge is 0.496 e. The molecule has 1 aliphatic rings. The number of fused-ring (bicyclic) bond motifs is 1. The van der Waals surface area contributed by atoms with Crippen LogP contribution in [0.3, 0.4) is 0 Å². The second kappa shape index (κ2) is 5.37. The topological polar surface area (TPSA) is 38.3 Å². The molecule has 1 amide bonds. The molecule has 0 fully saturated rings. The van der Waals surface area contributed by atoms with Gasteiger partial charge in [-0.05, 0) is 48.6 Å². The van der Waals surface area contributed by atoms with E-state index in [4.69, 9.17) is 4.74 Å². The molecule has 0 atom stereocenters. The Morgan fingerprint density at radius 2 is 1.90 bits per heavy atom. The van der Waals surface area contributed by atoms with E-state index in [0.717, 1.165) is 30.5 Å². The van der Waals surface area contributed by atoms with Crippen LogP contribution >= 0.6 is 0 Å². The predicted octanol–water partition coefficient (Wildman–Crippen LogP) is 3.44. The summed E-state index contributed by atoms with van der Waals surface area (Å²) >= 11 is 0. The van der Waals surface area contributed by atoms with E-state index in [0.29, 0.717) is 11.3 Å². The summed E-state index contributed by atoms with van der Waals surface area (Å²) in [6, 6.07) is 13.5. The molecule has 20 heavy (non-hydrogen) atoms. The van der Waals surface area contributed by atoms with E-state index in [-0.39, 0.29) is 5.91 Å². The molecule has 0 saturated carbocycles. The van der Waals surface area contributed by atoms with E-state index in [1.807, 2.05) is 36.4 Å². The fourth-order valence-corrected chi connectivity index (χ4v) is 2.78. The molecule has 0 unspecified atom stereocenters. The van der Waals surface area contributed by atoms with Crippen LogP contribution in [0.5, 0.6) is 5.75 Å². The van der Waals surface area contributed by atoms with Gasteiger partial charge in [-0.25, -0.2) is 0 Å². The third kappa shape index (κ3) is 2.27. The molecule has 0 spiro atoms. The molecule has 2 aromatic carbocycles. The van der Waals surface area contributed by atoms with Crippen molar-refractivity contribution in [3.05, 3.63) is 59.2 Å². The molecular weight excluding hydrogens is 250 g/mol. The Kier molecular flexibility index (Phi) is 3.42. The number of nitrogens with one attached hydrogen (secondary N) is 1. The molecule has 3 rings (SSSR count). The number of rotatable bonds is 3. The van der Waals surface area contributed by atoms with Gasteiger partial charge in [-0.3, -0.25) is 4.79 Å². The smallest absolute Gasteiger partial charge is 0.259 e. The minimum absolute atomic E-state index is 0.0909. The number of benzene rings is 2. The maximum atomic E-state index is 12.6. The van der Waals surface area contributed by atoms with Gasteiger partial charge in [-0.15, -0.1) is 0 Å². The summed E-state index contributed by atoms with van der Waals surface area (Å²) in [5, 5.41) is 2.94. The average molecular weight is 267 g/mol. The Labute approximate surface area is 118 Å². The first-order chi connectivity index (χ1) is 9.79. The van der Waals surface area contributed by atoms with Gasteiger partial charge in [-0.1, -0.05) is 24.3 Å². The van der Waals surface area contributed by atoms with Crippen molar-refractivity contribution in [2.75, 3.05) is 12.4 Å². The van der Waals surface area contributed by atoms with Gasteiger partial charge in [0, 0.05) is 5.69 Å². The summed E-state index contributed by atoms with van der Waals surface area (Å²) in [5.74, 6) is 0.561. The number of aryl methyl sites for hydroxylation is 1. The van der Waals surface area contributed by atoms with Gasteiger partial charge in [0.15, 0.2) is 0 Å². The number of methoxy groups -OCH3 is 1. The van der Waals surface area contributed by atoms with Gasteiger partial charge >= 0.3 is 0 Å². The molecule has 102 valence electrons. The Morgan fingerprint density at radius 1 is 1.10 bits per heavy atom. The SMILES string of the molecule is COc1ccc2c(c1C(=O)Nc1ccccc1)CCC2. The maximum Gasteiger partial charge on any atom is 0.259 e. The van der Waals surface area contributed by atoms with Crippen molar-refractivity contribution in [2.24, 2.45) is 0 Å². The quantitative estimate of drug-likeness (QED) is 0.925. The summed E-state index contributed by atoms with van der Waals surface area (Å²) in [6.07, 6.45) is 3.10.